The number of halogens is 1. The van der Waals surface area contributed by atoms with Crippen molar-refractivity contribution in [2.24, 2.45) is 0 Å². The summed E-state index contributed by atoms with van der Waals surface area (Å²) in [6, 6.07) is 4.15. The second-order valence-electron chi connectivity index (χ2n) is 4.93. The van der Waals surface area contributed by atoms with Gasteiger partial charge < -0.3 is 10.1 Å². The van der Waals surface area contributed by atoms with E-state index in [2.05, 4.69) is 17.0 Å². The van der Waals surface area contributed by atoms with Crippen LogP contribution in [0.3, 0.4) is 0 Å². The number of rotatable bonds is 10. The van der Waals surface area contributed by atoms with Crippen LogP contribution < -0.4 is 10.0 Å². The molecule has 0 atom stereocenters. The Kier molecular flexibility index (Phi) is 8.54. The third kappa shape index (κ3) is 6.47. The second kappa shape index (κ2) is 9.87. The molecule has 1 aromatic carbocycles. The summed E-state index contributed by atoms with van der Waals surface area (Å²) in [7, 11) is -2.42. The van der Waals surface area contributed by atoms with Gasteiger partial charge in [0.15, 0.2) is 0 Å². The van der Waals surface area contributed by atoms with E-state index in [9.17, 15) is 13.2 Å². The van der Waals surface area contributed by atoms with Gasteiger partial charge in [0.05, 0.1) is 5.02 Å². The Balaban J connectivity index is 2.56. The smallest absolute Gasteiger partial charge is 0.251 e. The molecule has 0 saturated carbocycles. The van der Waals surface area contributed by atoms with Crippen LogP contribution in [0.5, 0.6) is 0 Å². The highest BCUT2D eigenvalue weighted by atomic mass is 35.5. The Morgan fingerprint density at radius 1 is 1.26 bits per heavy atom. The fraction of sp³-hybridized carbons (Fsp3) is 0.533. The van der Waals surface area contributed by atoms with E-state index in [1.54, 1.807) is 0 Å². The molecule has 130 valence electrons. The average molecular weight is 363 g/mol. The molecular formula is C15H23ClN2O4S. The quantitative estimate of drug-likeness (QED) is 0.625. The van der Waals surface area contributed by atoms with Crippen molar-refractivity contribution < 1.29 is 17.9 Å². The van der Waals surface area contributed by atoms with Gasteiger partial charge in [0.2, 0.25) is 10.0 Å². The lowest BCUT2D eigenvalue weighted by molar-refractivity contribution is 0.0940. The summed E-state index contributed by atoms with van der Waals surface area (Å²) >= 11 is 5.88. The minimum absolute atomic E-state index is 0.0697. The molecular weight excluding hydrogens is 340 g/mol. The summed E-state index contributed by atoms with van der Waals surface area (Å²) < 4.78 is 31.3. The summed E-state index contributed by atoms with van der Waals surface area (Å²) in [5.74, 6) is -0.345. The molecule has 6 nitrogen and oxygen atoms in total. The topological polar surface area (TPSA) is 84.5 Å². The first-order chi connectivity index (χ1) is 10.9. The average Bonchev–Trinajstić information content (AvgIpc) is 2.54. The summed E-state index contributed by atoms with van der Waals surface area (Å²) in [4.78, 5) is 11.9. The minimum Gasteiger partial charge on any atom is -0.381 e. The molecule has 8 heteroatoms. The molecule has 0 aliphatic carbocycles. The first-order valence-corrected chi connectivity index (χ1v) is 9.37. The number of carbonyl (C=O) groups excluding carboxylic acids is 1. The first-order valence-electron chi connectivity index (χ1n) is 7.51. The Morgan fingerprint density at radius 3 is 2.61 bits per heavy atom. The number of sulfonamides is 1. The molecule has 1 amide bonds. The minimum atomic E-state index is -3.70. The van der Waals surface area contributed by atoms with Crippen molar-refractivity contribution in [3.63, 3.8) is 0 Å². The third-order valence-corrected chi connectivity index (χ3v) is 5.04. The molecule has 0 spiro atoms. The molecule has 0 saturated heterocycles. The zero-order valence-electron chi connectivity index (χ0n) is 13.4. The monoisotopic (exact) mass is 362 g/mol. The Bertz CT molecular complexity index is 620. The van der Waals surface area contributed by atoms with Crippen molar-refractivity contribution in [1.82, 2.24) is 10.0 Å². The van der Waals surface area contributed by atoms with Gasteiger partial charge in [-0.1, -0.05) is 24.9 Å². The van der Waals surface area contributed by atoms with Crippen LogP contribution in [0.4, 0.5) is 0 Å². The lowest BCUT2D eigenvalue weighted by atomic mass is 10.2. The highest BCUT2D eigenvalue weighted by molar-refractivity contribution is 7.89. The highest BCUT2D eigenvalue weighted by Crippen LogP contribution is 2.22. The maximum Gasteiger partial charge on any atom is 0.251 e. The van der Waals surface area contributed by atoms with Gasteiger partial charge in [-0.2, -0.15) is 0 Å². The SMILES string of the molecule is CCCCOCCCNC(=O)c1ccc(Cl)c(S(=O)(=O)NC)c1. The van der Waals surface area contributed by atoms with Crippen LogP contribution >= 0.6 is 11.6 Å². The molecule has 0 unspecified atom stereocenters. The molecule has 23 heavy (non-hydrogen) atoms. The largest absolute Gasteiger partial charge is 0.381 e. The molecule has 0 aliphatic rings. The van der Waals surface area contributed by atoms with E-state index >= 15 is 0 Å². The van der Waals surface area contributed by atoms with Gasteiger partial charge in [0, 0.05) is 25.3 Å². The fourth-order valence-corrected chi connectivity index (χ4v) is 3.04. The van der Waals surface area contributed by atoms with Gasteiger partial charge in [-0.15, -0.1) is 0 Å². The maximum atomic E-state index is 12.0. The number of hydrogen-bond donors (Lipinski definition) is 2. The zero-order valence-corrected chi connectivity index (χ0v) is 15.0. The van der Waals surface area contributed by atoms with Gasteiger partial charge in [0.25, 0.3) is 5.91 Å². The van der Waals surface area contributed by atoms with Gasteiger partial charge in [-0.25, -0.2) is 13.1 Å². The summed E-state index contributed by atoms with van der Waals surface area (Å²) in [6.07, 6.45) is 2.82. The molecule has 0 bridgehead atoms. The van der Waals surface area contributed by atoms with E-state index in [1.165, 1.54) is 25.2 Å². The Hall–Kier alpha value is -1.15. The highest BCUT2D eigenvalue weighted by Gasteiger charge is 2.18. The van der Waals surface area contributed by atoms with Crippen LogP contribution in [-0.4, -0.2) is 41.1 Å². The number of hydrogen-bond acceptors (Lipinski definition) is 4. The molecule has 0 aromatic heterocycles. The van der Waals surface area contributed by atoms with Crippen molar-refractivity contribution in [3.8, 4) is 0 Å². The first kappa shape index (κ1) is 19.9. The van der Waals surface area contributed by atoms with E-state index in [4.69, 9.17) is 16.3 Å². The lowest BCUT2D eigenvalue weighted by Crippen LogP contribution is -2.26. The van der Waals surface area contributed by atoms with E-state index < -0.39 is 10.0 Å². The van der Waals surface area contributed by atoms with Gasteiger partial charge >= 0.3 is 0 Å². The fourth-order valence-electron chi connectivity index (χ4n) is 1.79. The molecule has 2 N–H and O–H groups in total. The van der Waals surface area contributed by atoms with Crippen molar-refractivity contribution in [3.05, 3.63) is 28.8 Å². The molecule has 0 fully saturated rings. The maximum absolute atomic E-state index is 12.0. The van der Waals surface area contributed by atoms with Crippen molar-refractivity contribution in [2.45, 2.75) is 31.1 Å². The normalized spacial score (nSPS) is 11.4. The van der Waals surface area contributed by atoms with Crippen molar-refractivity contribution in [2.75, 3.05) is 26.8 Å². The van der Waals surface area contributed by atoms with Crippen molar-refractivity contribution in [1.29, 1.82) is 0 Å². The Labute approximate surface area is 142 Å². The van der Waals surface area contributed by atoms with Crippen LogP contribution in [0.1, 0.15) is 36.5 Å². The predicted molar refractivity (Wildman–Crippen MR) is 90.4 cm³/mol. The number of unbranched alkanes of at least 4 members (excludes halogenated alkanes) is 1. The van der Waals surface area contributed by atoms with Gasteiger partial charge in [-0.3, -0.25) is 4.79 Å². The van der Waals surface area contributed by atoms with E-state index in [0.717, 1.165) is 19.4 Å². The van der Waals surface area contributed by atoms with E-state index in [0.29, 0.717) is 19.6 Å². The molecule has 1 aromatic rings. The molecule has 1 rings (SSSR count). The summed E-state index contributed by atoms with van der Waals surface area (Å²) in [5.41, 5.74) is 0.245. The molecule has 0 heterocycles. The Morgan fingerprint density at radius 2 is 1.96 bits per heavy atom. The van der Waals surface area contributed by atoms with Crippen LogP contribution in [-0.2, 0) is 14.8 Å². The summed E-state index contributed by atoms with van der Waals surface area (Å²) in [5, 5.41) is 2.80. The standard InChI is InChI=1S/C15H23ClN2O4S/c1-3-4-9-22-10-5-8-18-15(19)12-6-7-13(16)14(11-12)23(20,21)17-2/h6-7,11,17H,3-5,8-10H2,1-2H3,(H,18,19). The number of ether oxygens (including phenoxy) is 1. The van der Waals surface area contributed by atoms with Gasteiger partial charge in [-0.05, 0) is 38.1 Å². The van der Waals surface area contributed by atoms with Crippen molar-refractivity contribution >= 4 is 27.5 Å². The van der Waals surface area contributed by atoms with Crippen LogP contribution in [0.2, 0.25) is 5.02 Å². The van der Waals surface area contributed by atoms with Gasteiger partial charge in [0.1, 0.15) is 4.90 Å². The zero-order chi connectivity index (χ0) is 17.3. The number of carbonyl (C=O) groups is 1. The number of nitrogens with one attached hydrogen (secondary N) is 2. The summed E-state index contributed by atoms with van der Waals surface area (Å²) in [6.45, 7) is 3.87. The number of benzene rings is 1. The molecule has 0 aliphatic heterocycles. The molecule has 0 radical (unpaired) electrons. The lowest BCUT2D eigenvalue weighted by Gasteiger charge is -2.09. The van der Waals surface area contributed by atoms with Crippen LogP contribution in [0.25, 0.3) is 0 Å². The predicted octanol–water partition coefficient (Wildman–Crippen LogP) is 2.18. The third-order valence-electron chi connectivity index (χ3n) is 3.14. The van der Waals surface area contributed by atoms with E-state index in [-0.39, 0.29) is 21.4 Å². The van der Waals surface area contributed by atoms with Crippen LogP contribution in [0.15, 0.2) is 23.1 Å². The van der Waals surface area contributed by atoms with E-state index in [1.807, 2.05) is 0 Å². The second-order valence-corrected chi connectivity index (χ2v) is 7.19. The van der Waals surface area contributed by atoms with Crippen LogP contribution in [0, 0.1) is 0 Å². The number of amides is 1.